The first kappa shape index (κ1) is 12.4. The van der Waals surface area contributed by atoms with Gasteiger partial charge in [-0.05, 0) is 34.7 Å². The number of halogens is 4. The summed E-state index contributed by atoms with van der Waals surface area (Å²) in [6.07, 6.45) is 0.250. The Hall–Kier alpha value is -0.0700. The number of rotatable bonds is 1. The third-order valence-electron chi connectivity index (χ3n) is 2.33. The molecule has 0 spiro atoms. The summed E-state index contributed by atoms with van der Waals surface area (Å²) in [5.41, 5.74) is 0.276. The van der Waals surface area contributed by atoms with Gasteiger partial charge in [-0.15, -0.1) is 11.6 Å². The molecule has 16 heavy (non-hydrogen) atoms. The highest BCUT2D eigenvalue weighted by Crippen LogP contribution is 2.33. The topological polar surface area (TPSA) is 20.3 Å². The number of amides is 1. The van der Waals surface area contributed by atoms with Gasteiger partial charge in [-0.3, -0.25) is 4.79 Å². The van der Waals surface area contributed by atoms with Gasteiger partial charge in [0, 0.05) is 21.6 Å². The molecule has 1 fully saturated rings. The first-order chi connectivity index (χ1) is 7.49. The number of hydrogen-bond donors (Lipinski definition) is 0. The van der Waals surface area contributed by atoms with Crippen LogP contribution in [0.3, 0.4) is 0 Å². The van der Waals surface area contributed by atoms with Gasteiger partial charge in [0.05, 0.1) is 11.1 Å². The number of hydrogen-bond acceptors (Lipinski definition) is 1. The van der Waals surface area contributed by atoms with Crippen LogP contribution < -0.4 is 4.90 Å². The molecule has 6 heteroatoms. The van der Waals surface area contributed by atoms with Crippen LogP contribution >= 0.6 is 45.8 Å². The Morgan fingerprint density at radius 1 is 1.50 bits per heavy atom. The van der Waals surface area contributed by atoms with Gasteiger partial charge in [0.1, 0.15) is 5.82 Å². The minimum absolute atomic E-state index is 0.154. The average molecular weight is 374 g/mol. The number of carbonyl (C=O) groups is 1. The van der Waals surface area contributed by atoms with Gasteiger partial charge >= 0.3 is 0 Å². The molecule has 0 bridgehead atoms. The van der Waals surface area contributed by atoms with Crippen molar-refractivity contribution in [3.8, 4) is 0 Å². The van der Waals surface area contributed by atoms with Crippen molar-refractivity contribution in [2.75, 3.05) is 11.4 Å². The second kappa shape index (κ2) is 4.66. The van der Waals surface area contributed by atoms with E-state index in [1.54, 1.807) is 6.07 Å². The molecule has 1 atom stereocenters. The lowest BCUT2D eigenvalue weighted by molar-refractivity contribution is -0.117. The van der Waals surface area contributed by atoms with E-state index in [9.17, 15) is 9.18 Å². The van der Waals surface area contributed by atoms with Crippen molar-refractivity contribution in [1.82, 2.24) is 0 Å². The zero-order valence-electron chi connectivity index (χ0n) is 8.01. The van der Waals surface area contributed by atoms with Gasteiger partial charge < -0.3 is 4.90 Å². The van der Waals surface area contributed by atoms with Crippen molar-refractivity contribution in [3.63, 3.8) is 0 Å². The molecule has 0 N–H and O–H groups in total. The van der Waals surface area contributed by atoms with Crippen LogP contribution in [-0.2, 0) is 4.79 Å². The Kier molecular flexibility index (Phi) is 3.61. The number of anilines is 1. The van der Waals surface area contributed by atoms with E-state index >= 15 is 0 Å². The highest BCUT2D eigenvalue weighted by Gasteiger charge is 2.32. The van der Waals surface area contributed by atoms with Crippen molar-refractivity contribution >= 4 is 57.4 Å². The third kappa shape index (κ3) is 2.28. The molecule has 0 radical (unpaired) electrons. The number of benzene rings is 1. The molecule has 2 rings (SSSR count). The predicted molar refractivity (Wildman–Crippen MR) is 70.7 cm³/mol. The minimum atomic E-state index is -0.490. The Morgan fingerprint density at radius 3 is 2.69 bits per heavy atom. The van der Waals surface area contributed by atoms with Crippen molar-refractivity contribution < 1.29 is 9.18 Å². The summed E-state index contributed by atoms with van der Waals surface area (Å²) in [5.74, 6) is -0.643. The molecule has 1 amide bonds. The van der Waals surface area contributed by atoms with Crippen LogP contribution in [0.25, 0.3) is 0 Å². The van der Waals surface area contributed by atoms with E-state index in [0.29, 0.717) is 15.1 Å². The van der Waals surface area contributed by atoms with Gasteiger partial charge in [0.2, 0.25) is 5.91 Å². The third-order valence-corrected chi connectivity index (χ3v) is 3.66. The summed E-state index contributed by atoms with van der Waals surface area (Å²) in [4.78, 5) is 13.0. The van der Waals surface area contributed by atoms with E-state index in [2.05, 4.69) is 0 Å². The smallest absolute Gasteiger partial charge is 0.228 e. The summed E-state index contributed by atoms with van der Waals surface area (Å²) in [6.45, 7) is 0.342. The van der Waals surface area contributed by atoms with Crippen LogP contribution in [0.5, 0.6) is 0 Å². The van der Waals surface area contributed by atoms with Gasteiger partial charge in [-0.25, -0.2) is 4.39 Å². The Balaban J connectivity index is 2.44. The second-order valence-electron chi connectivity index (χ2n) is 3.52. The lowest BCUT2D eigenvalue weighted by Gasteiger charge is -2.18. The Morgan fingerprint density at radius 2 is 2.19 bits per heavy atom. The normalized spacial score (nSPS) is 20.6. The maximum Gasteiger partial charge on any atom is 0.228 e. The molecule has 1 saturated heterocycles. The van der Waals surface area contributed by atoms with Gasteiger partial charge in [0.15, 0.2) is 0 Å². The first-order valence-electron chi connectivity index (χ1n) is 4.58. The van der Waals surface area contributed by atoms with E-state index in [-0.39, 0.29) is 23.4 Å². The lowest BCUT2D eigenvalue weighted by Crippen LogP contribution is -2.26. The summed E-state index contributed by atoms with van der Waals surface area (Å²) < 4.78 is 14.4. The van der Waals surface area contributed by atoms with Crippen molar-refractivity contribution in [3.05, 3.63) is 26.5 Å². The molecular formula is C10H7Cl2FINO. The van der Waals surface area contributed by atoms with Gasteiger partial charge in [0.25, 0.3) is 0 Å². The van der Waals surface area contributed by atoms with Crippen molar-refractivity contribution in [2.45, 2.75) is 11.8 Å². The van der Waals surface area contributed by atoms with Crippen molar-refractivity contribution in [1.29, 1.82) is 0 Å². The molecule has 1 aromatic rings. The molecule has 1 aromatic carbocycles. The van der Waals surface area contributed by atoms with E-state index in [1.807, 2.05) is 22.6 Å². The highest BCUT2D eigenvalue weighted by atomic mass is 127. The number of alkyl halides is 1. The number of nitrogens with zero attached hydrogens (tertiary/aromatic N) is 1. The van der Waals surface area contributed by atoms with Crippen LogP contribution in [0.4, 0.5) is 10.1 Å². The Labute approximate surface area is 116 Å². The maximum absolute atomic E-state index is 13.7. The predicted octanol–water partition coefficient (Wildman–Crippen LogP) is 3.43. The summed E-state index contributed by atoms with van der Waals surface area (Å²) in [5, 5.41) is 0.0677. The molecule has 86 valence electrons. The van der Waals surface area contributed by atoms with Crippen molar-refractivity contribution in [2.24, 2.45) is 0 Å². The zero-order chi connectivity index (χ0) is 11.9. The summed E-state index contributed by atoms with van der Waals surface area (Å²) in [6, 6.07) is 2.82. The largest absolute Gasteiger partial charge is 0.307 e. The molecular weight excluding hydrogens is 367 g/mol. The fourth-order valence-corrected chi connectivity index (χ4v) is 3.22. The van der Waals surface area contributed by atoms with E-state index in [1.165, 1.54) is 11.0 Å². The minimum Gasteiger partial charge on any atom is -0.307 e. The molecule has 1 aliphatic heterocycles. The van der Waals surface area contributed by atoms with Crippen LogP contribution in [0.2, 0.25) is 5.02 Å². The standard InChI is InChI=1S/C10H7Cl2FINO/c11-5-1-7(13)10(8(14)2-5)15-4-6(12)3-9(15)16/h1-2,6H,3-4H2. The SMILES string of the molecule is O=C1CC(Cl)CN1c1c(F)cc(Cl)cc1I. The maximum atomic E-state index is 13.7. The van der Waals surface area contributed by atoms with Crippen LogP contribution in [0.15, 0.2) is 12.1 Å². The van der Waals surface area contributed by atoms with Crippen LogP contribution in [-0.4, -0.2) is 17.8 Å². The highest BCUT2D eigenvalue weighted by molar-refractivity contribution is 14.1. The fraction of sp³-hybridized carbons (Fsp3) is 0.300. The molecule has 1 aliphatic rings. The van der Waals surface area contributed by atoms with Gasteiger partial charge in [-0.1, -0.05) is 11.6 Å². The fourth-order valence-electron chi connectivity index (χ4n) is 1.67. The molecule has 0 saturated carbocycles. The quantitative estimate of drug-likeness (QED) is 0.545. The molecule has 0 aliphatic carbocycles. The zero-order valence-corrected chi connectivity index (χ0v) is 11.7. The average Bonchev–Trinajstić information content (AvgIpc) is 2.43. The second-order valence-corrected chi connectivity index (χ2v) is 5.74. The van der Waals surface area contributed by atoms with Crippen LogP contribution in [0, 0.1) is 9.39 Å². The molecule has 2 nitrogen and oxygen atoms in total. The van der Waals surface area contributed by atoms with Crippen LogP contribution in [0.1, 0.15) is 6.42 Å². The first-order valence-corrected chi connectivity index (χ1v) is 6.47. The van der Waals surface area contributed by atoms with E-state index < -0.39 is 5.82 Å². The molecule has 1 unspecified atom stereocenters. The monoisotopic (exact) mass is 373 g/mol. The Bertz CT molecular complexity index is 431. The lowest BCUT2D eigenvalue weighted by atomic mass is 10.3. The van der Waals surface area contributed by atoms with E-state index in [4.69, 9.17) is 23.2 Å². The summed E-state index contributed by atoms with van der Waals surface area (Å²) >= 11 is 13.6. The molecule has 1 heterocycles. The molecule has 0 aromatic heterocycles. The van der Waals surface area contributed by atoms with E-state index in [0.717, 1.165) is 0 Å². The van der Waals surface area contributed by atoms with Gasteiger partial charge in [-0.2, -0.15) is 0 Å². The summed E-state index contributed by atoms with van der Waals surface area (Å²) in [7, 11) is 0. The number of carbonyl (C=O) groups excluding carboxylic acids is 1.